The van der Waals surface area contributed by atoms with Crippen molar-refractivity contribution >= 4 is 11.8 Å². The van der Waals surface area contributed by atoms with Crippen LogP contribution in [0, 0.1) is 6.92 Å². The topological polar surface area (TPSA) is 84.2 Å². The van der Waals surface area contributed by atoms with Gasteiger partial charge in [-0.1, -0.05) is 17.7 Å². The van der Waals surface area contributed by atoms with Gasteiger partial charge in [0.25, 0.3) is 11.8 Å². The van der Waals surface area contributed by atoms with Crippen molar-refractivity contribution in [1.29, 1.82) is 0 Å². The monoisotopic (exact) mass is 221 g/mol. The molecule has 0 aliphatic carbocycles. The number of carbonyl (C=O) groups is 2. The molecule has 1 aromatic carbocycles. The first-order valence-corrected chi connectivity index (χ1v) is 4.93. The van der Waals surface area contributed by atoms with Gasteiger partial charge in [0, 0.05) is 5.56 Å². The quantitative estimate of drug-likeness (QED) is 0.619. The zero-order valence-electron chi connectivity index (χ0n) is 9.28. The van der Waals surface area contributed by atoms with Crippen molar-refractivity contribution in [3.05, 3.63) is 35.4 Å². The van der Waals surface area contributed by atoms with Crippen LogP contribution >= 0.6 is 0 Å². The van der Waals surface area contributed by atoms with Crippen LogP contribution in [-0.2, 0) is 4.79 Å². The molecule has 5 nitrogen and oxygen atoms in total. The van der Waals surface area contributed by atoms with E-state index < -0.39 is 11.9 Å². The van der Waals surface area contributed by atoms with Gasteiger partial charge in [-0.15, -0.1) is 0 Å². The number of nitrogens with two attached hydrogens (primary N) is 1. The summed E-state index contributed by atoms with van der Waals surface area (Å²) < 4.78 is 0. The number of benzene rings is 1. The first-order chi connectivity index (χ1) is 7.50. The Kier molecular flexibility index (Phi) is 4.02. The highest BCUT2D eigenvalue weighted by Crippen LogP contribution is 2.02. The van der Waals surface area contributed by atoms with E-state index in [2.05, 4.69) is 10.9 Å². The molecular formula is C11H15N3O2. The third-order valence-electron chi connectivity index (χ3n) is 2.03. The summed E-state index contributed by atoms with van der Waals surface area (Å²) in [5.74, 6) is -0.797. The van der Waals surface area contributed by atoms with Crippen molar-refractivity contribution in [2.75, 3.05) is 0 Å². The molecule has 5 heteroatoms. The first-order valence-electron chi connectivity index (χ1n) is 4.93. The lowest BCUT2D eigenvalue weighted by atomic mass is 10.1. The maximum absolute atomic E-state index is 11.5. The van der Waals surface area contributed by atoms with Crippen LogP contribution in [-0.4, -0.2) is 17.9 Å². The predicted octanol–water partition coefficient (Wildman–Crippen LogP) is 0.103. The first kappa shape index (κ1) is 12.2. The molecule has 0 aromatic heterocycles. The molecule has 0 aliphatic heterocycles. The van der Waals surface area contributed by atoms with Crippen molar-refractivity contribution in [3.8, 4) is 0 Å². The fourth-order valence-electron chi connectivity index (χ4n) is 1.01. The molecule has 0 fully saturated rings. The fourth-order valence-corrected chi connectivity index (χ4v) is 1.01. The minimum absolute atomic E-state index is 0.367. The van der Waals surface area contributed by atoms with E-state index in [0.717, 1.165) is 5.56 Å². The van der Waals surface area contributed by atoms with Gasteiger partial charge in [0.2, 0.25) is 0 Å². The molecular weight excluding hydrogens is 206 g/mol. The van der Waals surface area contributed by atoms with E-state index in [1.165, 1.54) is 6.92 Å². The predicted molar refractivity (Wildman–Crippen MR) is 60.4 cm³/mol. The highest BCUT2D eigenvalue weighted by Gasteiger charge is 2.09. The van der Waals surface area contributed by atoms with Crippen molar-refractivity contribution in [2.45, 2.75) is 19.9 Å². The zero-order valence-corrected chi connectivity index (χ0v) is 9.28. The molecule has 0 bridgehead atoms. The molecule has 0 spiro atoms. The molecule has 86 valence electrons. The number of carbonyl (C=O) groups excluding carboxylic acids is 2. The van der Waals surface area contributed by atoms with E-state index >= 15 is 0 Å². The molecule has 1 aromatic rings. The molecule has 4 N–H and O–H groups in total. The van der Waals surface area contributed by atoms with Gasteiger partial charge in [-0.25, -0.2) is 0 Å². The largest absolute Gasteiger partial charge is 0.320 e. The van der Waals surface area contributed by atoms with E-state index in [-0.39, 0.29) is 5.91 Å². The Labute approximate surface area is 94.0 Å². The van der Waals surface area contributed by atoms with E-state index in [4.69, 9.17) is 5.73 Å². The summed E-state index contributed by atoms with van der Waals surface area (Å²) in [4.78, 5) is 22.6. The van der Waals surface area contributed by atoms with E-state index in [0.29, 0.717) is 5.56 Å². The summed E-state index contributed by atoms with van der Waals surface area (Å²) in [6, 6.07) is 6.36. The van der Waals surface area contributed by atoms with Gasteiger partial charge >= 0.3 is 0 Å². The fraction of sp³-hybridized carbons (Fsp3) is 0.273. The zero-order chi connectivity index (χ0) is 12.1. The third kappa shape index (κ3) is 3.36. The van der Waals surface area contributed by atoms with Gasteiger partial charge in [-0.05, 0) is 26.0 Å². The second kappa shape index (κ2) is 5.27. The Morgan fingerprint density at radius 3 is 2.25 bits per heavy atom. The third-order valence-corrected chi connectivity index (χ3v) is 2.03. The second-order valence-electron chi connectivity index (χ2n) is 3.60. The van der Waals surface area contributed by atoms with Crippen molar-refractivity contribution < 1.29 is 9.59 Å². The highest BCUT2D eigenvalue weighted by molar-refractivity contribution is 5.95. The van der Waals surface area contributed by atoms with Crippen molar-refractivity contribution in [1.82, 2.24) is 10.9 Å². The van der Waals surface area contributed by atoms with Crippen LogP contribution in [0.3, 0.4) is 0 Å². The van der Waals surface area contributed by atoms with Crippen LogP contribution in [0.25, 0.3) is 0 Å². The average Bonchev–Trinajstić information content (AvgIpc) is 2.26. The van der Waals surface area contributed by atoms with Crippen molar-refractivity contribution in [2.24, 2.45) is 5.73 Å². The molecule has 16 heavy (non-hydrogen) atoms. The summed E-state index contributed by atoms with van der Waals surface area (Å²) in [6.45, 7) is 3.47. The number of amides is 2. The standard InChI is InChI=1S/C11H15N3O2/c1-7-3-5-9(6-4-7)11(16)14-13-10(15)8(2)12/h3-6,8H,12H2,1-2H3,(H,13,15)(H,14,16). The summed E-state index contributed by atoms with van der Waals surface area (Å²) in [6.07, 6.45) is 0. The molecule has 1 rings (SSSR count). The molecule has 0 saturated heterocycles. The van der Waals surface area contributed by atoms with Crippen LogP contribution in [0.2, 0.25) is 0 Å². The molecule has 2 amide bonds. The molecule has 0 radical (unpaired) electrons. The van der Waals surface area contributed by atoms with Gasteiger partial charge in [0.15, 0.2) is 0 Å². The van der Waals surface area contributed by atoms with Gasteiger partial charge in [0.1, 0.15) is 0 Å². The Morgan fingerprint density at radius 2 is 1.75 bits per heavy atom. The highest BCUT2D eigenvalue weighted by atomic mass is 16.2. The van der Waals surface area contributed by atoms with Gasteiger partial charge < -0.3 is 5.73 Å². The summed E-state index contributed by atoms with van der Waals surface area (Å²) in [5.41, 5.74) is 11.4. The Bertz CT molecular complexity index is 385. The lowest BCUT2D eigenvalue weighted by Crippen LogP contribution is -2.48. The van der Waals surface area contributed by atoms with E-state index in [9.17, 15) is 9.59 Å². The SMILES string of the molecule is Cc1ccc(C(=O)NNC(=O)C(C)N)cc1. The normalized spacial score (nSPS) is 11.7. The number of hydrogen-bond donors (Lipinski definition) is 3. The molecule has 0 heterocycles. The summed E-state index contributed by atoms with van der Waals surface area (Å²) in [7, 11) is 0. The van der Waals surface area contributed by atoms with Crippen LogP contribution < -0.4 is 16.6 Å². The number of nitrogens with one attached hydrogen (secondary N) is 2. The maximum Gasteiger partial charge on any atom is 0.269 e. The number of aryl methyl sites for hydroxylation is 1. The maximum atomic E-state index is 11.5. The minimum Gasteiger partial charge on any atom is -0.320 e. The van der Waals surface area contributed by atoms with Crippen LogP contribution in [0.1, 0.15) is 22.8 Å². The molecule has 1 atom stereocenters. The van der Waals surface area contributed by atoms with Gasteiger partial charge in [-0.3, -0.25) is 20.4 Å². The van der Waals surface area contributed by atoms with E-state index in [1.807, 2.05) is 19.1 Å². The number of hydrazine groups is 1. The molecule has 0 aliphatic rings. The Balaban J connectivity index is 2.53. The van der Waals surface area contributed by atoms with Crippen LogP contribution in [0.5, 0.6) is 0 Å². The summed E-state index contributed by atoms with van der Waals surface area (Å²) in [5, 5.41) is 0. The van der Waals surface area contributed by atoms with Gasteiger partial charge in [-0.2, -0.15) is 0 Å². The lowest BCUT2D eigenvalue weighted by molar-refractivity contribution is -0.122. The minimum atomic E-state index is -0.654. The molecule has 1 unspecified atom stereocenters. The Hall–Kier alpha value is -1.88. The number of rotatable bonds is 2. The average molecular weight is 221 g/mol. The molecule has 0 saturated carbocycles. The summed E-state index contributed by atoms with van der Waals surface area (Å²) >= 11 is 0. The Morgan fingerprint density at radius 1 is 1.19 bits per heavy atom. The van der Waals surface area contributed by atoms with Gasteiger partial charge in [0.05, 0.1) is 6.04 Å². The van der Waals surface area contributed by atoms with Crippen molar-refractivity contribution in [3.63, 3.8) is 0 Å². The van der Waals surface area contributed by atoms with Crippen LogP contribution in [0.15, 0.2) is 24.3 Å². The van der Waals surface area contributed by atoms with E-state index in [1.54, 1.807) is 12.1 Å². The second-order valence-corrected chi connectivity index (χ2v) is 3.60. The number of hydrogen-bond acceptors (Lipinski definition) is 3. The smallest absolute Gasteiger partial charge is 0.269 e. The lowest BCUT2D eigenvalue weighted by Gasteiger charge is -2.09. The van der Waals surface area contributed by atoms with Crippen LogP contribution in [0.4, 0.5) is 0 Å².